The lowest BCUT2D eigenvalue weighted by atomic mass is 10.1. The molecule has 1 aromatic carbocycles. The fourth-order valence-electron chi connectivity index (χ4n) is 3.03. The van der Waals surface area contributed by atoms with E-state index in [9.17, 15) is 14.4 Å². The molecule has 142 valence electrons. The van der Waals surface area contributed by atoms with Crippen molar-refractivity contribution in [2.45, 2.75) is 44.8 Å². The number of nitrogens with zero attached hydrogens (tertiary/aromatic N) is 1. The third-order valence-corrected chi connectivity index (χ3v) is 4.27. The lowest BCUT2D eigenvalue weighted by Gasteiger charge is -2.34. The first kappa shape index (κ1) is 19.9. The van der Waals surface area contributed by atoms with Gasteiger partial charge in [0.05, 0.1) is 25.6 Å². The van der Waals surface area contributed by atoms with Gasteiger partial charge in [0.25, 0.3) is 0 Å². The van der Waals surface area contributed by atoms with Crippen LogP contribution in [-0.2, 0) is 25.5 Å². The number of hydrogen-bond donors (Lipinski definition) is 2. The zero-order chi connectivity index (χ0) is 18.9. The van der Waals surface area contributed by atoms with Crippen molar-refractivity contribution in [3.05, 3.63) is 35.9 Å². The summed E-state index contributed by atoms with van der Waals surface area (Å²) in [5.41, 5.74) is 0.889. The van der Waals surface area contributed by atoms with Gasteiger partial charge >= 0.3 is 5.97 Å². The average molecular weight is 362 g/mol. The SMILES string of the molecule is CCCC(NC(=O)Cc1ccccc1)C(=O)N1CCOC(CC(=O)O)C1. The minimum absolute atomic E-state index is 0.136. The lowest BCUT2D eigenvalue weighted by molar-refractivity contribution is -0.149. The number of nitrogens with one attached hydrogen (secondary N) is 1. The molecule has 0 spiro atoms. The van der Waals surface area contributed by atoms with Gasteiger partial charge in [-0.25, -0.2) is 0 Å². The molecule has 2 rings (SSSR count). The molecule has 26 heavy (non-hydrogen) atoms. The van der Waals surface area contributed by atoms with Crippen LogP contribution in [0.2, 0.25) is 0 Å². The van der Waals surface area contributed by atoms with Crippen LogP contribution in [0, 0.1) is 0 Å². The molecule has 1 aliphatic rings. The Balaban J connectivity index is 1.95. The van der Waals surface area contributed by atoms with E-state index in [4.69, 9.17) is 9.84 Å². The number of benzene rings is 1. The van der Waals surface area contributed by atoms with Gasteiger partial charge in [0.2, 0.25) is 11.8 Å². The maximum absolute atomic E-state index is 12.8. The molecule has 2 N–H and O–H groups in total. The maximum atomic E-state index is 12.8. The van der Waals surface area contributed by atoms with Gasteiger partial charge in [0.15, 0.2) is 0 Å². The van der Waals surface area contributed by atoms with Crippen LogP contribution in [0.4, 0.5) is 0 Å². The smallest absolute Gasteiger partial charge is 0.306 e. The summed E-state index contributed by atoms with van der Waals surface area (Å²) in [6, 6.07) is 8.77. The number of amides is 2. The number of aliphatic carboxylic acids is 1. The molecule has 1 fully saturated rings. The first-order valence-electron chi connectivity index (χ1n) is 8.95. The van der Waals surface area contributed by atoms with Gasteiger partial charge in [-0.15, -0.1) is 0 Å². The van der Waals surface area contributed by atoms with Gasteiger partial charge in [-0.3, -0.25) is 14.4 Å². The molecular formula is C19H26N2O5. The van der Waals surface area contributed by atoms with E-state index in [1.54, 1.807) is 4.90 Å². The molecule has 7 heteroatoms. The van der Waals surface area contributed by atoms with Gasteiger partial charge in [0.1, 0.15) is 6.04 Å². The van der Waals surface area contributed by atoms with Crippen LogP contribution in [0.3, 0.4) is 0 Å². The van der Waals surface area contributed by atoms with Crippen LogP contribution < -0.4 is 5.32 Å². The van der Waals surface area contributed by atoms with Crippen molar-refractivity contribution < 1.29 is 24.2 Å². The largest absolute Gasteiger partial charge is 0.481 e. The minimum Gasteiger partial charge on any atom is -0.481 e. The molecule has 0 radical (unpaired) electrons. The average Bonchev–Trinajstić information content (AvgIpc) is 2.61. The molecule has 1 aromatic rings. The highest BCUT2D eigenvalue weighted by Gasteiger charge is 2.30. The van der Waals surface area contributed by atoms with E-state index in [1.165, 1.54) is 0 Å². The van der Waals surface area contributed by atoms with Crippen molar-refractivity contribution in [3.63, 3.8) is 0 Å². The van der Waals surface area contributed by atoms with E-state index in [0.717, 1.165) is 12.0 Å². The first-order valence-corrected chi connectivity index (χ1v) is 8.95. The number of rotatable bonds is 8. The summed E-state index contributed by atoms with van der Waals surface area (Å²) in [4.78, 5) is 37.6. The van der Waals surface area contributed by atoms with Gasteiger partial charge < -0.3 is 20.1 Å². The molecule has 0 bridgehead atoms. The summed E-state index contributed by atoms with van der Waals surface area (Å²) in [6.45, 7) is 2.90. The van der Waals surface area contributed by atoms with E-state index in [1.807, 2.05) is 37.3 Å². The number of carboxylic acids is 1. The summed E-state index contributed by atoms with van der Waals surface area (Å²) in [5, 5.41) is 11.7. The molecule has 0 aromatic heterocycles. The third-order valence-electron chi connectivity index (χ3n) is 4.27. The second-order valence-corrected chi connectivity index (χ2v) is 6.45. The number of carbonyl (C=O) groups is 3. The number of carbonyl (C=O) groups excluding carboxylic acids is 2. The highest BCUT2D eigenvalue weighted by atomic mass is 16.5. The van der Waals surface area contributed by atoms with Crippen LogP contribution in [0.1, 0.15) is 31.7 Å². The van der Waals surface area contributed by atoms with E-state index >= 15 is 0 Å². The monoisotopic (exact) mass is 362 g/mol. The van der Waals surface area contributed by atoms with Gasteiger partial charge in [-0.2, -0.15) is 0 Å². The lowest BCUT2D eigenvalue weighted by Crippen LogP contribution is -2.54. The summed E-state index contributed by atoms with van der Waals surface area (Å²) in [7, 11) is 0. The highest BCUT2D eigenvalue weighted by Crippen LogP contribution is 2.12. The molecule has 7 nitrogen and oxygen atoms in total. The Kier molecular flexibility index (Phi) is 7.59. The Bertz CT molecular complexity index is 620. The Morgan fingerprint density at radius 3 is 2.69 bits per heavy atom. The summed E-state index contributed by atoms with van der Waals surface area (Å²) in [5.74, 6) is -1.32. The maximum Gasteiger partial charge on any atom is 0.306 e. The third kappa shape index (κ3) is 6.15. The molecule has 2 amide bonds. The summed E-state index contributed by atoms with van der Waals surface area (Å²) >= 11 is 0. The minimum atomic E-state index is -0.953. The predicted molar refractivity (Wildman–Crippen MR) is 95.6 cm³/mol. The van der Waals surface area contributed by atoms with E-state index in [0.29, 0.717) is 19.6 Å². The van der Waals surface area contributed by atoms with Crippen molar-refractivity contribution in [1.82, 2.24) is 10.2 Å². The van der Waals surface area contributed by atoms with E-state index < -0.39 is 18.1 Å². The van der Waals surface area contributed by atoms with Crippen molar-refractivity contribution in [2.24, 2.45) is 0 Å². The fraction of sp³-hybridized carbons (Fsp3) is 0.526. The van der Waals surface area contributed by atoms with E-state index in [2.05, 4.69) is 5.32 Å². The van der Waals surface area contributed by atoms with Crippen LogP contribution in [0.15, 0.2) is 30.3 Å². The van der Waals surface area contributed by atoms with E-state index in [-0.39, 0.29) is 31.2 Å². The predicted octanol–water partition coefficient (Wildman–Crippen LogP) is 1.22. The van der Waals surface area contributed by atoms with Crippen molar-refractivity contribution in [2.75, 3.05) is 19.7 Å². The Labute approximate surface area is 153 Å². The van der Waals surface area contributed by atoms with Crippen molar-refractivity contribution >= 4 is 17.8 Å². The molecular weight excluding hydrogens is 336 g/mol. The summed E-state index contributed by atoms with van der Waals surface area (Å²) < 4.78 is 5.41. The van der Waals surface area contributed by atoms with Gasteiger partial charge in [0, 0.05) is 13.1 Å². The quantitative estimate of drug-likeness (QED) is 0.725. The van der Waals surface area contributed by atoms with Crippen LogP contribution in [-0.4, -0.2) is 59.6 Å². The number of ether oxygens (including phenoxy) is 1. The fourth-order valence-corrected chi connectivity index (χ4v) is 3.03. The number of morpholine rings is 1. The van der Waals surface area contributed by atoms with Crippen LogP contribution >= 0.6 is 0 Å². The summed E-state index contributed by atoms with van der Waals surface area (Å²) in [6.07, 6.45) is 0.875. The zero-order valence-electron chi connectivity index (χ0n) is 15.0. The Morgan fingerprint density at radius 2 is 2.04 bits per heavy atom. The number of hydrogen-bond acceptors (Lipinski definition) is 4. The second kappa shape index (κ2) is 9.91. The topological polar surface area (TPSA) is 95.9 Å². The first-order chi connectivity index (χ1) is 12.5. The molecule has 1 saturated heterocycles. The molecule has 0 saturated carbocycles. The Morgan fingerprint density at radius 1 is 1.31 bits per heavy atom. The standard InChI is InChI=1S/C19H26N2O5/c1-2-6-16(20-17(22)11-14-7-4-3-5-8-14)19(25)21-9-10-26-15(13-21)12-18(23)24/h3-5,7-8,15-16H,2,6,9-13H2,1H3,(H,20,22)(H,23,24). The van der Waals surface area contributed by atoms with Crippen LogP contribution in [0.5, 0.6) is 0 Å². The van der Waals surface area contributed by atoms with Gasteiger partial charge in [-0.1, -0.05) is 43.7 Å². The molecule has 1 aliphatic heterocycles. The Hall–Kier alpha value is -2.41. The normalized spacial score (nSPS) is 18.2. The number of carboxylic acid groups (broad SMARTS) is 1. The zero-order valence-corrected chi connectivity index (χ0v) is 15.0. The highest BCUT2D eigenvalue weighted by molar-refractivity contribution is 5.88. The molecule has 1 heterocycles. The second-order valence-electron chi connectivity index (χ2n) is 6.45. The van der Waals surface area contributed by atoms with Crippen molar-refractivity contribution in [3.8, 4) is 0 Å². The van der Waals surface area contributed by atoms with Crippen LogP contribution in [0.25, 0.3) is 0 Å². The molecule has 0 aliphatic carbocycles. The van der Waals surface area contributed by atoms with Gasteiger partial charge in [-0.05, 0) is 12.0 Å². The molecule has 2 unspecified atom stereocenters. The molecule has 2 atom stereocenters. The van der Waals surface area contributed by atoms with Crippen molar-refractivity contribution in [1.29, 1.82) is 0 Å².